The third kappa shape index (κ3) is 2.09. The minimum absolute atomic E-state index is 0.355. The molecule has 0 N–H and O–H groups in total. The van der Waals surface area contributed by atoms with Crippen molar-refractivity contribution >= 4 is 27.3 Å². The monoisotopic (exact) mass is 306 g/mol. The molecule has 0 fully saturated rings. The van der Waals surface area contributed by atoms with E-state index in [1.54, 1.807) is 11.1 Å². The molecule has 17 heavy (non-hydrogen) atoms. The maximum Gasteiger partial charge on any atom is 0.0740 e. The van der Waals surface area contributed by atoms with Crippen LogP contribution < -0.4 is 0 Å². The molecule has 3 rings (SSSR count). The van der Waals surface area contributed by atoms with E-state index < -0.39 is 0 Å². The molecule has 0 saturated heterocycles. The third-order valence-electron chi connectivity index (χ3n) is 3.55. The van der Waals surface area contributed by atoms with Gasteiger partial charge >= 0.3 is 0 Å². The van der Waals surface area contributed by atoms with Gasteiger partial charge in [-0.2, -0.15) is 0 Å². The first kappa shape index (κ1) is 11.5. The van der Waals surface area contributed by atoms with Crippen LogP contribution in [0.15, 0.2) is 29.6 Å². The van der Waals surface area contributed by atoms with Crippen LogP contribution in [-0.2, 0) is 12.8 Å². The van der Waals surface area contributed by atoms with Crippen LogP contribution in [0.5, 0.6) is 0 Å². The van der Waals surface area contributed by atoms with E-state index in [1.807, 2.05) is 11.3 Å². The van der Waals surface area contributed by atoms with Gasteiger partial charge in [-0.05, 0) is 59.9 Å². The Hall–Kier alpha value is -0.600. The van der Waals surface area contributed by atoms with Crippen molar-refractivity contribution in [2.75, 3.05) is 0 Å². The number of alkyl halides is 1. The van der Waals surface area contributed by atoms with E-state index in [0.29, 0.717) is 4.83 Å². The molecule has 1 aromatic heterocycles. The van der Waals surface area contributed by atoms with E-state index in [1.165, 1.54) is 35.3 Å². The Balaban J connectivity index is 1.97. The van der Waals surface area contributed by atoms with Gasteiger partial charge in [-0.25, -0.2) is 0 Å². The van der Waals surface area contributed by atoms with Crippen molar-refractivity contribution in [2.45, 2.75) is 31.0 Å². The highest BCUT2D eigenvalue weighted by molar-refractivity contribution is 9.09. The van der Waals surface area contributed by atoms with Gasteiger partial charge < -0.3 is 0 Å². The molecule has 0 amide bonds. The van der Waals surface area contributed by atoms with E-state index in [-0.39, 0.29) is 0 Å². The van der Waals surface area contributed by atoms with E-state index in [0.717, 1.165) is 0 Å². The summed E-state index contributed by atoms with van der Waals surface area (Å²) in [5.41, 5.74) is 5.89. The maximum atomic E-state index is 3.84. The van der Waals surface area contributed by atoms with Crippen LogP contribution in [0.25, 0.3) is 0 Å². The quantitative estimate of drug-likeness (QED) is 0.683. The molecular weight excluding hydrogens is 292 g/mol. The summed E-state index contributed by atoms with van der Waals surface area (Å²) in [6.45, 7) is 2.19. The lowest BCUT2D eigenvalue weighted by Gasteiger charge is -2.11. The Morgan fingerprint density at radius 1 is 1.18 bits per heavy atom. The first-order chi connectivity index (χ1) is 8.25. The van der Waals surface area contributed by atoms with Crippen molar-refractivity contribution in [3.63, 3.8) is 0 Å². The highest BCUT2D eigenvalue weighted by Gasteiger charge is 2.17. The number of benzene rings is 1. The second-order valence-electron chi connectivity index (χ2n) is 4.71. The molecule has 0 radical (unpaired) electrons. The summed E-state index contributed by atoms with van der Waals surface area (Å²) in [6.07, 6.45) is 3.84. The number of hydrogen-bond acceptors (Lipinski definition) is 1. The molecule has 1 heterocycles. The van der Waals surface area contributed by atoms with Gasteiger partial charge in [0.15, 0.2) is 0 Å². The Bertz CT molecular complexity index is 542. The van der Waals surface area contributed by atoms with Crippen molar-refractivity contribution in [3.05, 3.63) is 56.8 Å². The smallest absolute Gasteiger partial charge is 0.0740 e. The molecule has 1 aliphatic carbocycles. The lowest BCUT2D eigenvalue weighted by molar-refractivity contribution is 0.911. The van der Waals surface area contributed by atoms with Crippen LogP contribution in [0.1, 0.15) is 38.4 Å². The first-order valence-electron chi connectivity index (χ1n) is 6.05. The van der Waals surface area contributed by atoms with Crippen LogP contribution >= 0.6 is 27.3 Å². The molecule has 2 heteroatoms. The molecule has 2 aromatic rings. The van der Waals surface area contributed by atoms with Gasteiger partial charge in [0, 0.05) is 4.88 Å². The Kier molecular flexibility index (Phi) is 3.10. The lowest BCUT2D eigenvalue weighted by Crippen LogP contribution is -1.94. The predicted molar refractivity (Wildman–Crippen MR) is 78.3 cm³/mol. The zero-order valence-corrected chi connectivity index (χ0v) is 12.3. The van der Waals surface area contributed by atoms with Gasteiger partial charge in [-0.1, -0.05) is 34.1 Å². The van der Waals surface area contributed by atoms with Gasteiger partial charge in [0.25, 0.3) is 0 Å². The number of aryl methyl sites for hydroxylation is 3. The molecule has 1 aliphatic rings. The molecule has 1 atom stereocenters. The van der Waals surface area contributed by atoms with Gasteiger partial charge in [0.05, 0.1) is 4.83 Å². The highest BCUT2D eigenvalue weighted by atomic mass is 79.9. The Morgan fingerprint density at radius 3 is 2.76 bits per heavy atom. The van der Waals surface area contributed by atoms with Gasteiger partial charge in [-0.15, -0.1) is 11.3 Å². The molecular formula is C15H15BrS. The average Bonchev–Trinajstić information content (AvgIpc) is 2.95. The van der Waals surface area contributed by atoms with Crippen molar-refractivity contribution in [1.82, 2.24) is 0 Å². The summed E-state index contributed by atoms with van der Waals surface area (Å²) in [6, 6.07) is 9.18. The SMILES string of the molecule is Cc1ccsc1C(Br)c1ccc2c(c1)CCC2. The molecule has 88 valence electrons. The fourth-order valence-corrected chi connectivity index (χ4v) is 4.44. The van der Waals surface area contributed by atoms with Crippen LogP contribution in [0.2, 0.25) is 0 Å². The lowest BCUT2D eigenvalue weighted by atomic mass is 10.0. The summed E-state index contributed by atoms with van der Waals surface area (Å²) in [5.74, 6) is 0. The largest absolute Gasteiger partial charge is 0.147 e. The Morgan fingerprint density at radius 2 is 2.00 bits per heavy atom. The summed E-state index contributed by atoms with van der Waals surface area (Å²) in [5, 5.41) is 2.17. The summed E-state index contributed by atoms with van der Waals surface area (Å²) in [7, 11) is 0. The van der Waals surface area contributed by atoms with Gasteiger partial charge in [0.1, 0.15) is 0 Å². The van der Waals surface area contributed by atoms with Crippen molar-refractivity contribution < 1.29 is 0 Å². The standard InChI is InChI=1S/C15H15BrS/c1-10-7-8-17-15(10)14(16)13-6-5-11-3-2-4-12(11)9-13/h5-9,14H,2-4H2,1H3. The highest BCUT2D eigenvalue weighted by Crippen LogP contribution is 2.37. The number of rotatable bonds is 2. The maximum absolute atomic E-state index is 3.84. The van der Waals surface area contributed by atoms with Gasteiger partial charge in [-0.3, -0.25) is 0 Å². The third-order valence-corrected chi connectivity index (χ3v) is 5.92. The minimum atomic E-state index is 0.355. The van der Waals surface area contributed by atoms with Gasteiger partial charge in [0.2, 0.25) is 0 Å². The minimum Gasteiger partial charge on any atom is -0.147 e. The van der Waals surface area contributed by atoms with E-state index in [9.17, 15) is 0 Å². The summed E-state index contributed by atoms with van der Waals surface area (Å²) >= 11 is 5.68. The average molecular weight is 307 g/mol. The number of thiophene rings is 1. The van der Waals surface area contributed by atoms with Crippen LogP contribution in [0.3, 0.4) is 0 Å². The molecule has 0 aliphatic heterocycles. The summed E-state index contributed by atoms with van der Waals surface area (Å²) < 4.78 is 0. The van der Waals surface area contributed by atoms with Crippen molar-refractivity contribution in [2.24, 2.45) is 0 Å². The van der Waals surface area contributed by atoms with E-state index >= 15 is 0 Å². The number of halogens is 1. The second-order valence-corrected chi connectivity index (χ2v) is 6.58. The fourth-order valence-electron chi connectivity index (χ4n) is 2.54. The number of hydrogen-bond donors (Lipinski definition) is 0. The normalized spacial score (nSPS) is 15.9. The van der Waals surface area contributed by atoms with E-state index in [4.69, 9.17) is 0 Å². The fraction of sp³-hybridized carbons (Fsp3) is 0.333. The van der Waals surface area contributed by atoms with Crippen LogP contribution in [0.4, 0.5) is 0 Å². The molecule has 0 saturated carbocycles. The Labute approximate surface area is 115 Å². The van der Waals surface area contributed by atoms with Crippen molar-refractivity contribution in [3.8, 4) is 0 Å². The molecule has 0 nitrogen and oxygen atoms in total. The summed E-state index contributed by atoms with van der Waals surface area (Å²) in [4.78, 5) is 1.79. The predicted octanol–water partition coefficient (Wildman–Crippen LogP) is 5.03. The van der Waals surface area contributed by atoms with Crippen LogP contribution in [-0.4, -0.2) is 0 Å². The van der Waals surface area contributed by atoms with E-state index in [2.05, 4.69) is 52.5 Å². The second kappa shape index (κ2) is 4.58. The zero-order chi connectivity index (χ0) is 11.8. The molecule has 0 bridgehead atoms. The number of fused-ring (bicyclic) bond motifs is 1. The molecule has 0 spiro atoms. The van der Waals surface area contributed by atoms with Crippen LogP contribution in [0, 0.1) is 6.92 Å². The van der Waals surface area contributed by atoms with Crippen molar-refractivity contribution in [1.29, 1.82) is 0 Å². The topological polar surface area (TPSA) is 0 Å². The molecule has 1 aromatic carbocycles. The first-order valence-corrected chi connectivity index (χ1v) is 7.85. The zero-order valence-electron chi connectivity index (χ0n) is 9.87. The molecule has 1 unspecified atom stereocenters.